The van der Waals surface area contributed by atoms with Gasteiger partial charge in [-0.25, -0.2) is 4.39 Å². The van der Waals surface area contributed by atoms with E-state index in [0.29, 0.717) is 12.1 Å². The van der Waals surface area contributed by atoms with Crippen molar-refractivity contribution in [3.05, 3.63) is 35.1 Å². The number of amides is 1. The maximum absolute atomic E-state index is 13.7. The fraction of sp³-hybridized carbons (Fsp3) is 0.500. The first-order chi connectivity index (χ1) is 9.66. The van der Waals surface area contributed by atoms with Gasteiger partial charge in [-0.2, -0.15) is 11.8 Å². The summed E-state index contributed by atoms with van der Waals surface area (Å²) in [7, 11) is 0. The monoisotopic (exact) mass is 297 g/mol. The lowest BCUT2D eigenvalue weighted by atomic mass is 10.1. The maximum atomic E-state index is 13.7. The number of nitrogens with one attached hydrogen (secondary N) is 1. The average molecular weight is 297 g/mol. The highest BCUT2D eigenvalue weighted by atomic mass is 32.2. The van der Waals surface area contributed by atoms with Gasteiger partial charge in [-0.05, 0) is 12.1 Å². The van der Waals surface area contributed by atoms with Gasteiger partial charge in [0.2, 0.25) is 5.91 Å². The van der Waals surface area contributed by atoms with Gasteiger partial charge < -0.3 is 16.0 Å². The molecule has 1 fully saturated rings. The fourth-order valence-corrected chi connectivity index (χ4v) is 3.11. The number of benzene rings is 1. The molecule has 2 rings (SSSR count). The molecule has 1 aromatic rings. The zero-order valence-corrected chi connectivity index (χ0v) is 12.2. The lowest BCUT2D eigenvalue weighted by molar-refractivity contribution is 0.1000. The summed E-state index contributed by atoms with van der Waals surface area (Å²) in [6, 6.07) is 4.37. The Morgan fingerprint density at radius 3 is 2.80 bits per heavy atom. The number of nitrogens with zero attached hydrogens (tertiary/aromatic N) is 1. The predicted molar refractivity (Wildman–Crippen MR) is 80.4 cm³/mol. The molecule has 0 aromatic heterocycles. The molecule has 110 valence electrons. The van der Waals surface area contributed by atoms with Crippen LogP contribution in [-0.2, 0) is 6.54 Å². The van der Waals surface area contributed by atoms with Crippen LogP contribution in [0.5, 0.6) is 0 Å². The summed E-state index contributed by atoms with van der Waals surface area (Å²) < 4.78 is 13.7. The standard InChI is InChI=1S/C14H20FN3OS/c15-13-9-11(14(16)19)1-2-12(13)10-17-3-4-18-5-7-20-8-6-18/h1-2,9,17H,3-8,10H2,(H2,16,19). The first-order valence-corrected chi connectivity index (χ1v) is 7.91. The highest BCUT2D eigenvalue weighted by Crippen LogP contribution is 2.10. The topological polar surface area (TPSA) is 58.4 Å². The zero-order valence-electron chi connectivity index (χ0n) is 11.4. The summed E-state index contributed by atoms with van der Waals surface area (Å²) in [5.41, 5.74) is 5.87. The molecule has 1 aliphatic heterocycles. The van der Waals surface area contributed by atoms with E-state index in [2.05, 4.69) is 10.2 Å². The van der Waals surface area contributed by atoms with Gasteiger partial charge in [0.05, 0.1) is 0 Å². The molecule has 0 aliphatic carbocycles. The zero-order chi connectivity index (χ0) is 14.4. The summed E-state index contributed by atoms with van der Waals surface area (Å²) in [5.74, 6) is 1.40. The van der Waals surface area contributed by atoms with Crippen LogP contribution in [0.25, 0.3) is 0 Å². The molecule has 0 bridgehead atoms. The minimum absolute atomic E-state index is 0.206. The number of nitrogens with two attached hydrogens (primary N) is 1. The van der Waals surface area contributed by atoms with Gasteiger partial charge in [0.15, 0.2) is 0 Å². The molecule has 3 N–H and O–H groups in total. The van der Waals surface area contributed by atoms with E-state index in [1.165, 1.54) is 17.6 Å². The van der Waals surface area contributed by atoms with Crippen molar-refractivity contribution in [2.75, 3.05) is 37.7 Å². The van der Waals surface area contributed by atoms with Gasteiger partial charge in [0.1, 0.15) is 5.82 Å². The van der Waals surface area contributed by atoms with Crippen molar-refractivity contribution in [2.24, 2.45) is 5.73 Å². The second-order valence-electron chi connectivity index (χ2n) is 4.80. The van der Waals surface area contributed by atoms with Crippen molar-refractivity contribution in [1.82, 2.24) is 10.2 Å². The lowest BCUT2D eigenvalue weighted by Gasteiger charge is -2.26. The van der Waals surface area contributed by atoms with Gasteiger partial charge >= 0.3 is 0 Å². The third-order valence-corrected chi connectivity index (χ3v) is 4.30. The van der Waals surface area contributed by atoms with E-state index in [9.17, 15) is 9.18 Å². The third-order valence-electron chi connectivity index (χ3n) is 3.36. The number of primary amides is 1. The Hall–Kier alpha value is -1.11. The SMILES string of the molecule is NC(=O)c1ccc(CNCCN2CCSCC2)c(F)c1. The summed E-state index contributed by atoms with van der Waals surface area (Å²) in [5, 5.41) is 3.23. The maximum Gasteiger partial charge on any atom is 0.248 e. The first kappa shape index (κ1) is 15.3. The van der Waals surface area contributed by atoms with Crippen LogP contribution in [-0.4, -0.2) is 48.5 Å². The normalized spacial score (nSPS) is 16.2. The summed E-state index contributed by atoms with van der Waals surface area (Å²) in [4.78, 5) is 13.3. The quantitative estimate of drug-likeness (QED) is 0.771. The molecular weight excluding hydrogens is 277 g/mol. The van der Waals surface area contributed by atoms with Crippen LogP contribution in [0.4, 0.5) is 4.39 Å². The number of hydrogen-bond acceptors (Lipinski definition) is 4. The number of carbonyl (C=O) groups excluding carboxylic acids is 1. The van der Waals surface area contributed by atoms with E-state index in [-0.39, 0.29) is 11.4 Å². The molecule has 1 heterocycles. The van der Waals surface area contributed by atoms with E-state index in [1.54, 1.807) is 12.1 Å². The second-order valence-corrected chi connectivity index (χ2v) is 6.03. The Morgan fingerprint density at radius 1 is 1.40 bits per heavy atom. The number of hydrogen-bond donors (Lipinski definition) is 2. The van der Waals surface area contributed by atoms with Crippen molar-refractivity contribution in [2.45, 2.75) is 6.54 Å². The molecule has 0 spiro atoms. The summed E-state index contributed by atoms with van der Waals surface area (Å²) in [6.45, 7) is 4.55. The van der Waals surface area contributed by atoms with E-state index < -0.39 is 5.91 Å². The highest BCUT2D eigenvalue weighted by Gasteiger charge is 2.10. The molecule has 0 saturated carbocycles. The van der Waals surface area contributed by atoms with Crippen LogP contribution in [0, 0.1) is 5.82 Å². The Balaban J connectivity index is 1.74. The minimum atomic E-state index is -0.605. The Kier molecular flexibility index (Phi) is 5.82. The minimum Gasteiger partial charge on any atom is -0.366 e. The molecule has 20 heavy (non-hydrogen) atoms. The van der Waals surface area contributed by atoms with Crippen molar-refractivity contribution in [3.63, 3.8) is 0 Å². The van der Waals surface area contributed by atoms with Crippen molar-refractivity contribution >= 4 is 17.7 Å². The number of thioether (sulfide) groups is 1. The van der Waals surface area contributed by atoms with Crippen LogP contribution in [0.15, 0.2) is 18.2 Å². The summed E-state index contributed by atoms with van der Waals surface area (Å²) >= 11 is 1.99. The van der Waals surface area contributed by atoms with Gasteiger partial charge in [-0.1, -0.05) is 6.07 Å². The molecule has 1 aromatic carbocycles. The smallest absolute Gasteiger partial charge is 0.248 e. The Labute approximate surface area is 122 Å². The van der Waals surface area contributed by atoms with E-state index >= 15 is 0 Å². The summed E-state index contributed by atoms with van der Waals surface area (Å²) in [6.07, 6.45) is 0. The van der Waals surface area contributed by atoms with E-state index in [1.807, 2.05) is 11.8 Å². The van der Waals surface area contributed by atoms with Crippen LogP contribution >= 0.6 is 11.8 Å². The molecule has 1 saturated heterocycles. The first-order valence-electron chi connectivity index (χ1n) is 6.76. The van der Waals surface area contributed by atoms with Gasteiger partial charge in [0, 0.05) is 55.4 Å². The third kappa shape index (κ3) is 4.47. The molecule has 1 aliphatic rings. The second kappa shape index (κ2) is 7.61. The predicted octanol–water partition coefficient (Wildman–Crippen LogP) is 1.06. The number of rotatable bonds is 6. The molecule has 4 nitrogen and oxygen atoms in total. The lowest BCUT2D eigenvalue weighted by Crippen LogP contribution is -2.37. The molecule has 0 radical (unpaired) electrons. The Bertz CT molecular complexity index is 464. The molecule has 0 unspecified atom stereocenters. The van der Waals surface area contributed by atoms with Crippen LogP contribution in [0.1, 0.15) is 15.9 Å². The van der Waals surface area contributed by atoms with Gasteiger partial charge in [0.25, 0.3) is 0 Å². The van der Waals surface area contributed by atoms with Crippen molar-refractivity contribution in [1.29, 1.82) is 0 Å². The van der Waals surface area contributed by atoms with E-state index in [0.717, 1.165) is 26.2 Å². The van der Waals surface area contributed by atoms with Gasteiger partial charge in [-0.15, -0.1) is 0 Å². The largest absolute Gasteiger partial charge is 0.366 e. The molecule has 6 heteroatoms. The van der Waals surface area contributed by atoms with Crippen LogP contribution in [0.3, 0.4) is 0 Å². The van der Waals surface area contributed by atoms with Crippen molar-refractivity contribution in [3.8, 4) is 0 Å². The number of halogens is 1. The number of carbonyl (C=O) groups is 1. The van der Waals surface area contributed by atoms with Crippen molar-refractivity contribution < 1.29 is 9.18 Å². The highest BCUT2D eigenvalue weighted by molar-refractivity contribution is 7.99. The fourth-order valence-electron chi connectivity index (χ4n) is 2.13. The van der Waals surface area contributed by atoms with Crippen LogP contribution in [0.2, 0.25) is 0 Å². The average Bonchev–Trinajstić information content (AvgIpc) is 2.46. The van der Waals surface area contributed by atoms with E-state index in [4.69, 9.17) is 5.73 Å². The molecular formula is C14H20FN3OS. The molecule has 0 atom stereocenters. The molecule has 1 amide bonds. The van der Waals surface area contributed by atoms with Crippen LogP contribution < -0.4 is 11.1 Å². The Morgan fingerprint density at radius 2 is 2.15 bits per heavy atom. The van der Waals surface area contributed by atoms with Gasteiger partial charge in [-0.3, -0.25) is 4.79 Å².